The predicted molar refractivity (Wildman–Crippen MR) is 87.9 cm³/mol. The molecule has 0 aliphatic carbocycles. The van der Waals surface area contributed by atoms with Gasteiger partial charge in [0.15, 0.2) is 0 Å². The monoisotopic (exact) mass is 299 g/mol. The fourth-order valence-corrected chi connectivity index (χ4v) is 2.82. The van der Waals surface area contributed by atoms with Crippen molar-refractivity contribution in [1.29, 1.82) is 0 Å². The number of aryl methyl sites for hydroxylation is 1. The summed E-state index contributed by atoms with van der Waals surface area (Å²) < 4.78 is 0. The van der Waals surface area contributed by atoms with Crippen molar-refractivity contribution >= 4 is 34.0 Å². The molecule has 5 nitrogen and oxygen atoms in total. The van der Waals surface area contributed by atoms with Gasteiger partial charge in [-0.05, 0) is 26.0 Å². The van der Waals surface area contributed by atoms with Crippen LogP contribution in [0.5, 0.6) is 0 Å². The third-order valence-corrected chi connectivity index (χ3v) is 3.93. The molecule has 2 heterocycles. The number of hydrogen-bond acceptors (Lipinski definition) is 6. The lowest BCUT2D eigenvalue weighted by atomic mass is 10.2. The van der Waals surface area contributed by atoms with Crippen LogP contribution in [0.3, 0.4) is 0 Å². The van der Waals surface area contributed by atoms with Gasteiger partial charge in [-0.25, -0.2) is 9.97 Å². The Labute approximate surface area is 127 Å². The van der Waals surface area contributed by atoms with E-state index < -0.39 is 0 Å². The molecular formula is C15H17N5S. The lowest BCUT2D eigenvalue weighted by Crippen LogP contribution is -2.07. The van der Waals surface area contributed by atoms with E-state index in [4.69, 9.17) is 0 Å². The zero-order chi connectivity index (χ0) is 14.7. The van der Waals surface area contributed by atoms with Gasteiger partial charge in [0.25, 0.3) is 0 Å². The van der Waals surface area contributed by atoms with Crippen molar-refractivity contribution in [3.63, 3.8) is 0 Å². The molecule has 21 heavy (non-hydrogen) atoms. The van der Waals surface area contributed by atoms with E-state index in [1.165, 1.54) is 4.88 Å². The summed E-state index contributed by atoms with van der Waals surface area (Å²) in [6.07, 6.45) is 1.89. The van der Waals surface area contributed by atoms with Crippen molar-refractivity contribution in [3.05, 3.63) is 40.3 Å². The maximum absolute atomic E-state index is 4.56. The molecule has 0 amide bonds. The maximum atomic E-state index is 4.56. The number of para-hydroxylation sites is 1. The molecule has 0 unspecified atom stereocenters. The first kappa shape index (κ1) is 13.8. The lowest BCUT2D eigenvalue weighted by Gasteiger charge is -2.10. The average molecular weight is 299 g/mol. The van der Waals surface area contributed by atoms with Gasteiger partial charge in [-0.15, -0.1) is 11.3 Å². The molecule has 108 valence electrons. The Bertz CT molecular complexity index is 753. The maximum Gasteiger partial charge on any atom is 0.225 e. The highest BCUT2D eigenvalue weighted by Gasteiger charge is 2.07. The number of rotatable bonds is 5. The highest BCUT2D eigenvalue weighted by atomic mass is 32.1. The molecule has 0 radical (unpaired) electrons. The van der Waals surface area contributed by atoms with Crippen LogP contribution in [0.4, 0.5) is 11.8 Å². The van der Waals surface area contributed by atoms with Crippen LogP contribution in [0.15, 0.2) is 30.5 Å². The van der Waals surface area contributed by atoms with E-state index in [9.17, 15) is 0 Å². The Morgan fingerprint density at radius 1 is 1.14 bits per heavy atom. The lowest BCUT2D eigenvalue weighted by molar-refractivity contribution is 1.06. The predicted octanol–water partition coefficient (Wildman–Crippen LogP) is 3.44. The smallest absolute Gasteiger partial charge is 0.225 e. The van der Waals surface area contributed by atoms with Crippen LogP contribution in [0.2, 0.25) is 0 Å². The number of nitrogens with one attached hydrogen (secondary N) is 2. The van der Waals surface area contributed by atoms with Crippen molar-refractivity contribution in [2.45, 2.75) is 20.4 Å². The Morgan fingerprint density at radius 2 is 2.00 bits per heavy atom. The third-order valence-electron chi connectivity index (χ3n) is 3.01. The molecule has 1 aromatic carbocycles. The van der Waals surface area contributed by atoms with E-state index in [0.29, 0.717) is 12.5 Å². The second kappa shape index (κ2) is 6.05. The minimum Gasteiger partial charge on any atom is -0.363 e. The summed E-state index contributed by atoms with van der Waals surface area (Å²) in [5.41, 5.74) is 0.932. The summed E-state index contributed by atoms with van der Waals surface area (Å²) in [6, 6.07) is 8.01. The Balaban J connectivity index is 1.91. The van der Waals surface area contributed by atoms with Crippen LogP contribution in [-0.4, -0.2) is 21.5 Å². The van der Waals surface area contributed by atoms with Crippen molar-refractivity contribution in [2.75, 3.05) is 17.2 Å². The molecule has 0 saturated carbocycles. The van der Waals surface area contributed by atoms with Crippen LogP contribution < -0.4 is 10.6 Å². The minimum absolute atomic E-state index is 0.647. The van der Waals surface area contributed by atoms with Crippen LogP contribution in [0.1, 0.15) is 16.8 Å². The molecule has 6 heteroatoms. The number of anilines is 2. The summed E-state index contributed by atoms with van der Waals surface area (Å²) in [7, 11) is 0. The van der Waals surface area contributed by atoms with Gasteiger partial charge in [0.2, 0.25) is 5.95 Å². The van der Waals surface area contributed by atoms with Gasteiger partial charge in [-0.2, -0.15) is 4.98 Å². The molecule has 2 aromatic heterocycles. The SMILES string of the molecule is CCNc1nc(NCc2ncc(C)s2)c2ccccc2n1. The topological polar surface area (TPSA) is 62.7 Å². The van der Waals surface area contributed by atoms with Gasteiger partial charge >= 0.3 is 0 Å². The fraction of sp³-hybridized carbons (Fsp3) is 0.267. The van der Waals surface area contributed by atoms with Gasteiger partial charge in [0.05, 0.1) is 12.1 Å². The second-order valence-electron chi connectivity index (χ2n) is 4.66. The molecule has 0 atom stereocenters. The summed E-state index contributed by atoms with van der Waals surface area (Å²) in [5.74, 6) is 1.48. The van der Waals surface area contributed by atoms with Gasteiger partial charge in [0, 0.05) is 23.0 Å². The summed E-state index contributed by atoms with van der Waals surface area (Å²) in [4.78, 5) is 14.6. The first-order valence-corrected chi connectivity index (χ1v) is 7.73. The Hall–Kier alpha value is -2.21. The summed E-state index contributed by atoms with van der Waals surface area (Å²) >= 11 is 1.69. The van der Waals surface area contributed by atoms with Crippen LogP contribution in [-0.2, 0) is 6.54 Å². The molecule has 2 N–H and O–H groups in total. The summed E-state index contributed by atoms with van der Waals surface area (Å²) in [5, 5.41) is 8.62. The highest BCUT2D eigenvalue weighted by Crippen LogP contribution is 2.23. The number of hydrogen-bond donors (Lipinski definition) is 2. The van der Waals surface area contributed by atoms with E-state index in [2.05, 4.69) is 32.5 Å². The third kappa shape index (κ3) is 3.11. The molecular weight excluding hydrogens is 282 g/mol. The second-order valence-corrected chi connectivity index (χ2v) is 5.98. The Kier molecular flexibility index (Phi) is 3.96. The van der Waals surface area contributed by atoms with E-state index >= 15 is 0 Å². The molecule has 0 fully saturated rings. The highest BCUT2D eigenvalue weighted by molar-refractivity contribution is 7.11. The van der Waals surface area contributed by atoms with E-state index in [1.807, 2.05) is 37.4 Å². The molecule has 0 aliphatic rings. The number of aromatic nitrogens is 3. The van der Waals surface area contributed by atoms with E-state index in [-0.39, 0.29) is 0 Å². The first-order valence-electron chi connectivity index (χ1n) is 6.92. The van der Waals surface area contributed by atoms with Gasteiger partial charge < -0.3 is 10.6 Å². The Morgan fingerprint density at radius 3 is 2.76 bits per heavy atom. The van der Waals surface area contributed by atoms with Gasteiger partial charge in [-0.1, -0.05) is 12.1 Å². The largest absolute Gasteiger partial charge is 0.363 e. The quantitative estimate of drug-likeness (QED) is 0.755. The standard InChI is InChI=1S/C15H17N5S/c1-3-16-15-19-12-7-5-4-6-11(12)14(20-15)18-9-13-17-8-10(2)21-13/h4-8H,3,9H2,1-2H3,(H2,16,18,19,20). The fourth-order valence-electron chi connectivity index (χ4n) is 2.09. The van der Waals surface area contributed by atoms with Crippen molar-refractivity contribution in [3.8, 4) is 0 Å². The molecule has 0 saturated heterocycles. The summed E-state index contributed by atoms with van der Waals surface area (Å²) in [6.45, 7) is 5.56. The van der Waals surface area contributed by atoms with Crippen LogP contribution in [0, 0.1) is 6.92 Å². The molecule has 3 aromatic rings. The zero-order valence-electron chi connectivity index (χ0n) is 12.1. The van der Waals surface area contributed by atoms with Crippen LogP contribution >= 0.6 is 11.3 Å². The average Bonchev–Trinajstić information content (AvgIpc) is 2.91. The zero-order valence-corrected chi connectivity index (χ0v) is 12.9. The number of thiazole rings is 1. The van der Waals surface area contributed by atoms with Gasteiger partial charge in [-0.3, -0.25) is 0 Å². The van der Waals surface area contributed by atoms with Crippen molar-refractivity contribution in [1.82, 2.24) is 15.0 Å². The number of fused-ring (bicyclic) bond motifs is 1. The molecule has 0 spiro atoms. The number of benzene rings is 1. The van der Waals surface area contributed by atoms with Gasteiger partial charge in [0.1, 0.15) is 10.8 Å². The van der Waals surface area contributed by atoms with E-state index in [0.717, 1.165) is 28.3 Å². The number of nitrogens with zero attached hydrogens (tertiary/aromatic N) is 3. The molecule has 3 rings (SSSR count). The van der Waals surface area contributed by atoms with E-state index in [1.54, 1.807) is 11.3 Å². The minimum atomic E-state index is 0.647. The van der Waals surface area contributed by atoms with Crippen molar-refractivity contribution < 1.29 is 0 Å². The van der Waals surface area contributed by atoms with Crippen LogP contribution in [0.25, 0.3) is 10.9 Å². The molecule has 0 aliphatic heterocycles. The normalized spacial score (nSPS) is 10.8. The molecule has 0 bridgehead atoms. The van der Waals surface area contributed by atoms with Crippen molar-refractivity contribution in [2.24, 2.45) is 0 Å². The first-order chi connectivity index (χ1) is 10.3.